The number of carbonyl (C=O) groups is 3. The monoisotopic (exact) mass is 283 g/mol. The van der Waals surface area contributed by atoms with E-state index in [2.05, 4.69) is 0 Å². The Labute approximate surface area is 120 Å². The van der Waals surface area contributed by atoms with E-state index in [1.165, 1.54) is 12.1 Å². The van der Waals surface area contributed by atoms with Gasteiger partial charge in [-0.05, 0) is 30.4 Å². The first-order valence-corrected chi connectivity index (χ1v) is 6.98. The van der Waals surface area contributed by atoms with Crippen molar-refractivity contribution in [3.63, 3.8) is 0 Å². The zero-order valence-corrected chi connectivity index (χ0v) is 11.1. The quantitative estimate of drug-likeness (QED) is 0.662. The lowest BCUT2D eigenvalue weighted by Crippen LogP contribution is -2.34. The molecule has 2 unspecified atom stereocenters. The fourth-order valence-corrected chi connectivity index (χ4v) is 3.99. The molecule has 4 atom stereocenters. The van der Waals surface area contributed by atoms with E-state index in [0.29, 0.717) is 0 Å². The number of allylic oxidation sites excluding steroid dienone is 2. The number of hydrogen-bond donors (Lipinski definition) is 1. The molecule has 106 valence electrons. The lowest BCUT2D eigenvalue weighted by Gasteiger charge is -2.19. The Morgan fingerprint density at radius 3 is 2.19 bits per heavy atom. The van der Waals surface area contributed by atoms with Crippen molar-refractivity contribution in [1.29, 1.82) is 0 Å². The minimum absolute atomic E-state index is 0.0144. The number of para-hydroxylation sites is 1. The molecule has 1 saturated carbocycles. The van der Waals surface area contributed by atoms with Gasteiger partial charge in [-0.2, -0.15) is 0 Å². The SMILES string of the molecule is O=C(O)c1ccccc1N1C(=O)C2C(C1=O)[C@H]1C=C[C@@H]2C1. The van der Waals surface area contributed by atoms with Crippen LogP contribution in [-0.2, 0) is 9.59 Å². The summed E-state index contributed by atoms with van der Waals surface area (Å²) >= 11 is 0. The first kappa shape index (κ1) is 12.3. The minimum Gasteiger partial charge on any atom is -0.478 e. The van der Waals surface area contributed by atoms with Crippen LogP contribution in [0.25, 0.3) is 0 Å². The molecular formula is C16H13NO4. The molecule has 1 aromatic rings. The molecule has 5 heteroatoms. The molecule has 1 N–H and O–H groups in total. The van der Waals surface area contributed by atoms with E-state index in [1.54, 1.807) is 12.1 Å². The van der Waals surface area contributed by atoms with Crippen molar-refractivity contribution in [2.75, 3.05) is 4.90 Å². The third kappa shape index (κ3) is 1.48. The second-order valence-corrected chi connectivity index (χ2v) is 5.83. The topological polar surface area (TPSA) is 74.7 Å². The molecule has 2 aliphatic carbocycles. The number of carbonyl (C=O) groups excluding carboxylic acids is 2. The van der Waals surface area contributed by atoms with Crippen LogP contribution in [0, 0.1) is 23.7 Å². The van der Waals surface area contributed by atoms with E-state index in [-0.39, 0.29) is 46.7 Å². The molecule has 1 aliphatic heterocycles. The van der Waals surface area contributed by atoms with Crippen LogP contribution in [0.2, 0.25) is 0 Å². The Hall–Kier alpha value is -2.43. The average molecular weight is 283 g/mol. The second-order valence-electron chi connectivity index (χ2n) is 5.83. The van der Waals surface area contributed by atoms with Crippen LogP contribution in [0.3, 0.4) is 0 Å². The van der Waals surface area contributed by atoms with Gasteiger partial charge in [0.1, 0.15) is 0 Å². The maximum atomic E-state index is 12.6. The number of benzene rings is 1. The fourth-order valence-electron chi connectivity index (χ4n) is 3.99. The van der Waals surface area contributed by atoms with Gasteiger partial charge in [0, 0.05) is 0 Å². The number of aromatic carboxylic acids is 1. The zero-order chi connectivity index (χ0) is 14.7. The maximum absolute atomic E-state index is 12.6. The summed E-state index contributed by atoms with van der Waals surface area (Å²) < 4.78 is 0. The Bertz CT molecular complexity index is 678. The second kappa shape index (κ2) is 4.04. The van der Waals surface area contributed by atoms with Gasteiger partial charge in [0.15, 0.2) is 0 Å². The van der Waals surface area contributed by atoms with Gasteiger partial charge in [-0.3, -0.25) is 9.59 Å². The first-order chi connectivity index (χ1) is 10.1. The van der Waals surface area contributed by atoms with Crippen LogP contribution >= 0.6 is 0 Å². The highest BCUT2D eigenvalue weighted by Gasteiger charge is 2.59. The lowest BCUT2D eigenvalue weighted by molar-refractivity contribution is -0.123. The molecule has 2 amide bonds. The summed E-state index contributed by atoms with van der Waals surface area (Å²) in [6, 6.07) is 6.17. The third-order valence-corrected chi connectivity index (χ3v) is 4.85. The average Bonchev–Trinajstić information content (AvgIpc) is 3.13. The molecule has 1 aromatic carbocycles. The largest absolute Gasteiger partial charge is 0.478 e. The molecule has 4 rings (SSSR count). The van der Waals surface area contributed by atoms with Gasteiger partial charge >= 0.3 is 5.97 Å². The van der Waals surface area contributed by atoms with E-state index >= 15 is 0 Å². The molecule has 5 nitrogen and oxygen atoms in total. The summed E-state index contributed by atoms with van der Waals surface area (Å²) in [6.07, 6.45) is 4.90. The predicted molar refractivity (Wildman–Crippen MR) is 73.6 cm³/mol. The van der Waals surface area contributed by atoms with Crippen molar-refractivity contribution in [2.45, 2.75) is 6.42 Å². The van der Waals surface area contributed by atoms with Gasteiger partial charge in [-0.25, -0.2) is 9.69 Å². The van der Waals surface area contributed by atoms with Crippen molar-refractivity contribution in [1.82, 2.24) is 0 Å². The van der Waals surface area contributed by atoms with E-state index in [1.807, 2.05) is 12.2 Å². The number of fused-ring (bicyclic) bond motifs is 5. The zero-order valence-electron chi connectivity index (χ0n) is 11.1. The Morgan fingerprint density at radius 2 is 1.62 bits per heavy atom. The van der Waals surface area contributed by atoms with Crippen molar-refractivity contribution in [3.05, 3.63) is 42.0 Å². The Balaban J connectivity index is 1.80. The van der Waals surface area contributed by atoms with Crippen LogP contribution in [0.1, 0.15) is 16.8 Å². The normalized spacial score (nSPS) is 32.9. The number of rotatable bonds is 2. The lowest BCUT2D eigenvalue weighted by atomic mass is 9.85. The summed E-state index contributed by atoms with van der Waals surface area (Å²) in [7, 11) is 0. The smallest absolute Gasteiger partial charge is 0.337 e. The summed E-state index contributed by atoms with van der Waals surface area (Å²) in [5, 5.41) is 9.26. The van der Waals surface area contributed by atoms with Gasteiger partial charge in [0.2, 0.25) is 11.8 Å². The number of nitrogens with zero attached hydrogens (tertiary/aromatic N) is 1. The number of amides is 2. The van der Waals surface area contributed by atoms with E-state index < -0.39 is 5.97 Å². The van der Waals surface area contributed by atoms with Gasteiger partial charge in [-0.1, -0.05) is 24.3 Å². The Morgan fingerprint density at radius 1 is 1.05 bits per heavy atom. The minimum atomic E-state index is -1.13. The van der Waals surface area contributed by atoms with Crippen molar-refractivity contribution < 1.29 is 19.5 Å². The van der Waals surface area contributed by atoms with Gasteiger partial charge in [0.05, 0.1) is 23.1 Å². The van der Waals surface area contributed by atoms with Crippen LogP contribution in [0.4, 0.5) is 5.69 Å². The summed E-state index contributed by atoms with van der Waals surface area (Å²) in [6.45, 7) is 0. The van der Waals surface area contributed by atoms with E-state index in [0.717, 1.165) is 11.3 Å². The fraction of sp³-hybridized carbons (Fsp3) is 0.312. The molecule has 1 saturated heterocycles. The van der Waals surface area contributed by atoms with Crippen molar-refractivity contribution in [3.8, 4) is 0 Å². The number of carboxylic acid groups (broad SMARTS) is 1. The molecule has 0 radical (unpaired) electrons. The number of imide groups is 1. The predicted octanol–water partition coefficient (Wildman–Crippen LogP) is 1.70. The van der Waals surface area contributed by atoms with Crippen molar-refractivity contribution >= 4 is 23.5 Å². The molecule has 1 heterocycles. The summed E-state index contributed by atoms with van der Waals surface area (Å²) in [5.41, 5.74) is 0.174. The van der Waals surface area contributed by atoms with E-state index in [4.69, 9.17) is 0 Å². The maximum Gasteiger partial charge on any atom is 0.337 e. The summed E-state index contributed by atoms with van der Waals surface area (Å²) in [4.78, 5) is 37.7. The molecule has 3 aliphatic rings. The molecule has 21 heavy (non-hydrogen) atoms. The molecule has 0 spiro atoms. The molecular weight excluding hydrogens is 270 g/mol. The number of hydrogen-bond acceptors (Lipinski definition) is 3. The van der Waals surface area contributed by atoms with Crippen LogP contribution in [0.15, 0.2) is 36.4 Å². The first-order valence-electron chi connectivity index (χ1n) is 6.98. The van der Waals surface area contributed by atoms with Crippen LogP contribution in [-0.4, -0.2) is 22.9 Å². The van der Waals surface area contributed by atoms with Gasteiger partial charge < -0.3 is 5.11 Å². The highest BCUT2D eigenvalue weighted by molar-refractivity contribution is 6.24. The third-order valence-electron chi connectivity index (χ3n) is 4.85. The standard InChI is InChI=1S/C16H13NO4/c18-14-12-8-5-6-9(7-8)13(12)15(19)17(14)11-4-2-1-3-10(11)16(20)21/h1-6,8-9,12-13H,7H2,(H,20,21)/t8-,9+,12?,13?. The Kier molecular flexibility index (Phi) is 2.37. The highest BCUT2D eigenvalue weighted by atomic mass is 16.4. The van der Waals surface area contributed by atoms with E-state index in [9.17, 15) is 19.5 Å². The highest BCUT2D eigenvalue weighted by Crippen LogP contribution is 2.53. The van der Waals surface area contributed by atoms with Crippen LogP contribution < -0.4 is 4.90 Å². The molecule has 0 aromatic heterocycles. The van der Waals surface area contributed by atoms with Crippen molar-refractivity contribution in [2.24, 2.45) is 23.7 Å². The number of carboxylic acids is 1. The molecule has 2 fully saturated rings. The van der Waals surface area contributed by atoms with Gasteiger partial charge in [0.25, 0.3) is 0 Å². The van der Waals surface area contributed by atoms with Crippen LogP contribution in [0.5, 0.6) is 0 Å². The molecule has 2 bridgehead atoms. The van der Waals surface area contributed by atoms with Gasteiger partial charge in [-0.15, -0.1) is 0 Å². The number of anilines is 1. The summed E-state index contributed by atoms with van der Waals surface area (Å²) in [5.74, 6) is -2.02.